The van der Waals surface area contributed by atoms with E-state index in [4.69, 9.17) is 21.9 Å². The summed E-state index contributed by atoms with van der Waals surface area (Å²) in [7, 11) is 1.65. The van der Waals surface area contributed by atoms with E-state index in [0.717, 1.165) is 0 Å². The molecule has 1 aromatic carbocycles. The van der Waals surface area contributed by atoms with Crippen molar-refractivity contribution in [2.45, 2.75) is 12.7 Å². The predicted octanol–water partition coefficient (Wildman–Crippen LogP) is 1.14. The maximum atomic E-state index is 14.2. The van der Waals surface area contributed by atoms with E-state index < -0.39 is 12.3 Å². The fraction of sp³-hybridized carbons (Fsp3) is 0.158. The number of amides is 1. The number of primary amides is 1. The second kappa shape index (κ2) is 7.35. The van der Waals surface area contributed by atoms with Crippen LogP contribution in [-0.2, 0) is 11.3 Å². The van der Waals surface area contributed by atoms with Crippen LogP contribution >= 0.6 is 0 Å². The van der Waals surface area contributed by atoms with Gasteiger partial charge in [0.1, 0.15) is 17.3 Å². The van der Waals surface area contributed by atoms with Gasteiger partial charge in [0.2, 0.25) is 5.76 Å². The maximum Gasteiger partial charge on any atom is 0.410 e. The summed E-state index contributed by atoms with van der Waals surface area (Å²) in [5.41, 5.74) is 18.7. The van der Waals surface area contributed by atoms with Crippen LogP contribution in [0, 0.1) is 5.82 Å². The molecule has 10 nitrogen and oxygen atoms in total. The number of aromatic nitrogens is 3. The van der Waals surface area contributed by atoms with Gasteiger partial charge in [-0.05, 0) is 18.2 Å². The molecule has 154 valence electrons. The largest absolute Gasteiger partial charge is 0.410 e. The van der Waals surface area contributed by atoms with Gasteiger partial charge in [-0.15, -0.1) is 0 Å². The van der Waals surface area contributed by atoms with Crippen molar-refractivity contribution in [3.8, 4) is 0 Å². The molecule has 0 saturated carbocycles. The first-order chi connectivity index (χ1) is 14.4. The zero-order valence-electron chi connectivity index (χ0n) is 16.0. The Kier molecular flexibility index (Phi) is 4.70. The molecule has 0 saturated heterocycles. The summed E-state index contributed by atoms with van der Waals surface area (Å²) in [5, 5.41) is 5.33. The summed E-state index contributed by atoms with van der Waals surface area (Å²) >= 11 is 0. The highest BCUT2D eigenvalue weighted by atomic mass is 19.1. The number of carbonyl (C=O) groups is 1. The average Bonchev–Trinajstić information content (AvgIpc) is 3.08. The first kappa shape index (κ1) is 19.2. The van der Waals surface area contributed by atoms with E-state index in [1.54, 1.807) is 47.1 Å². The minimum Gasteiger partial charge on any atom is -0.403 e. The SMILES string of the molecule is CN1C(N)=C(OC(N)=O)C(N)=NC1c1nn(Cc2ccccc2F)c2ncccc12. The van der Waals surface area contributed by atoms with E-state index in [1.807, 2.05) is 6.07 Å². The molecule has 3 aromatic rings. The van der Waals surface area contributed by atoms with Gasteiger partial charge in [0.25, 0.3) is 0 Å². The van der Waals surface area contributed by atoms with Gasteiger partial charge >= 0.3 is 6.09 Å². The summed E-state index contributed by atoms with van der Waals surface area (Å²) in [6.45, 7) is 0.178. The molecule has 1 aliphatic heterocycles. The molecular formula is C19H19FN8O2. The molecule has 0 fully saturated rings. The summed E-state index contributed by atoms with van der Waals surface area (Å²) in [6.07, 6.45) is -0.137. The highest BCUT2D eigenvalue weighted by Crippen LogP contribution is 2.32. The fourth-order valence-corrected chi connectivity index (χ4v) is 3.27. The van der Waals surface area contributed by atoms with Crippen molar-refractivity contribution in [3.05, 3.63) is 71.2 Å². The molecule has 1 amide bonds. The van der Waals surface area contributed by atoms with Gasteiger partial charge in [-0.2, -0.15) is 5.10 Å². The Bertz CT molecular complexity index is 1200. The molecule has 30 heavy (non-hydrogen) atoms. The van der Waals surface area contributed by atoms with Crippen LogP contribution in [0.25, 0.3) is 11.0 Å². The van der Waals surface area contributed by atoms with E-state index in [2.05, 4.69) is 15.1 Å². The van der Waals surface area contributed by atoms with E-state index in [0.29, 0.717) is 22.3 Å². The number of rotatable bonds is 4. The second-order valence-corrected chi connectivity index (χ2v) is 6.64. The molecular weight excluding hydrogens is 391 g/mol. The Labute approximate surface area is 170 Å². The summed E-state index contributed by atoms with van der Waals surface area (Å²) in [5.74, 6) is -0.465. The number of benzene rings is 1. The smallest absolute Gasteiger partial charge is 0.403 e. The number of carbonyl (C=O) groups excluding carboxylic acids is 1. The fourth-order valence-electron chi connectivity index (χ4n) is 3.27. The lowest BCUT2D eigenvalue weighted by Gasteiger charge is -2.31. The standard InChI is InChI=1S/C19H19FN8O2/c1-27-16(22)14(30-19(23)29)15(21)25-18(27)13-11-6-4-8-24-17(11)28(26-13)9-10-5-2-3-7-12(10)20/h2-8,18H,9,22H2,1H3,(H2,21,25)(H2,23,29). The number of aliphatic imine (C=N–C) groups is 1. The number of hydrogen-bond acceptors (Lipinski definition) is 8. The predicted molar refractivity (Wildman–Crippen MR) is 107 cm³/mol. The third-order valence-corrected chi connectivity index (χ3v) is 4.73. The second-order valence-electron chi connectivity index (χ2n) is 6.64. The Balaban J connectivity index is 1.78. The van der Waals surface area contributed by atoms with Crippen molar-refractivity contribution in [2.24, 2.45) is 22.2 Å². The Morgan fingerprint density at radius 1 is 1.23 bits per heavy atom. The molecule has 0 aliphatic carbocycles. The highest BCUT2D eigenvalue weighted by molar-refractivity contribution is 5.98. The Hall–Kier alpha value is -4.15. The topological polar surface area (TPSA) is 151 Å². The van der Waals surface area contributed by atoms with E-state index >= 15 is 0 Å². The average molecular weight is 410 g/mol. The molecule has 6 N–H and O–H groups in total. The van der Waals surface area contributed by atoms with Crippen molar-refractivity contribution in [3.63, 3.8) is 0 Å². The van der Waals surface area contributed by atoms with Gasteiger partial charge in [0.15, 0.2) is 17.6 Å². The van der Waals surface area contributed by atoms with Gasteiger partial charge < -0.3 is 26.8 Å². The van der Waals surface area contributed by atoms with Crippen LogP contribution in [0.1, 0.15) is 17.4 Å². The molecule has 0 radical (unpaired) electrons. The number of nitrogens with zero attached hydrogens (tertiary/aromatic N) is 5. The van der Waals surface area contributed by atoms with Crippen LogP contribution in [-0.4, -0.2) is 38.6 Å². The monoisotopic (exact) mass is 410 g/mol. The van der Waals surface area contributed by atoms with Crippen LogP contribution in [0.2, 0.25) is 0 Å². The van der Waals surface area contributed by atoms with Crippen LogP contribution in [0.3, 0.4) is 0 Å². The molecule has 4 rings (SSSR count). The molecule has 11 heteroatoms. The lowest BCUT2D eigenvalue weighted by Crippen LogP contribution is -2.39. The molecule has 0 spiro atoms. The van der Waals surface area contributed by atoms with Crippen molar-refractivity contribution in [2.75, 3.05) is 7.05 Å². The van der Waals surface area contributed by atoms with Crippen LogP contribution in [0.5, 0.6) is 0 Å². The Morgan fingerprint density at radius 3 is 2.73 bits per heavy atom. The van der Waals surface area contributed by atoms with Crippen LogP contribution in [0.4, 0.5) is 9.18 Å². The number of fused-ring (bicyclic) bond motifs is 1. The molecule has 3 heterocycles. The third-order valence-electron chi connectivity index (χ3n) is 4.73. The summed E-state index contributed by atoms with van der Waals surface area (Å²) in [6, 6.07) is 10.0. The molecule has 1 unspecified atom stereocenters. The molecule has 1 atom stereocenters. The van der Waals surface area contributed by atoms with Crippen molar-refractivity contribution in [1.29, 1.82) is 0 Å². The minimum atomic E-state index is -1.05. The van der Waals surface area contributed by atoms with Gasteiger partial charge in [0, 0.05) is 24.2 Å². The summed E-state index contributed by atoms with van der Waals surface area (Å²) in [4.78, 5) is 21.4. The van der Waals surface area contributed by atoms with Gasteiger partial charge in [-0.25, -0.2) is 23.8 Å². The van der Waals surface area contributed by atoms with Crippen LogP contribution < -0.4 is 17.2 Å². The zero-order valence-corrected chi connectivity index (χ0v) is 16.0. The number of amidine groups is 1. The van der Waals surface area contributed by atoms with Crippen molar-refractivity contribution >= 4 is 23.0 Å². The van der Waals surface area contributed by atoms with Gasteiger partial charge in [-0.3, -0.25) is 0 Å². The van der Waals surface area contributed by atoms with E-state index in [-0.39, 0.29) is 29.8 Å². The van der Waals surface area contributed by atoms with Crippen molar-refractivity contribution < 1.29 is 13.9 Å². The first-order valence-corrected chi connectivity index (χ1v) is 8.95. The lowest BCUT2D eigenvalue weighted by molar-refractivity contribution is 0.183. The highest BCUT2D eigenvalue weighted by Gasteiger charge is 2.32. The van der Waals surface area contributed by atoms with Crippen LogP contribution in [0.15, 0.2) is 59.2 Å². The quantitative estimate of drug-likeness (QED) is 0.583. The maximum absolute atomic E-state index is 14.2. The number of pyridine rings is 1. The van der Waals surface area contributed by atoms with E-state index in [1.165, 1.54) is 6.07 Å². The number of hydrogen-bond donors (Lipinski definition) is 3. The van der Waals surface area contributed by atoms with Gasteiger partial charge in [0.05, 0.1) is 6.54 Å². The molecule has 0 bridgehead atoms. The third kappa shape index (κ3) is 3.26. The first-order valence-electron chi connectivity index (χ1n) is 8.95. The van der Waals surface area contributed by atoms with Gasteiger partial charge in [-0.1, -0.05) is 18.2 Å². The summed E-state index contributed by atoms with van der Waals surface area (Å²) < 4.78 is 20.6. The number of halogens is 1. The van der Waals surface area contributed by atoms with E-state index in [9.17, 15) is 9.18 Å². The lowest BCUT2D eigenvalue weighted by atomic mass is 10.2. The normalized spacial score (nSPS) is 16.7. The Morgan fingerprint density at radius 2 is 2.00 bits per heavy atom. The molecule has 1 aliphatic rings. The number of ether oxygens (including phenoxy) is 1. The van der Waals surface area contributed by atoms with Crippen molar-refractivity contribution in [1.82, 2.24) is 19.7 Å². The minimum absolute atomic E-state index is 0.0759. The number of nitrogens with two attached hydrogens (primary N) is 3. The molecule has 2 aromatic heterocycles. The zero-order chi connectivity index (χ0) is 21.4.